The molecule has 1 aromatic rings. The molecule has 108 valence electrons. The summed E-state index contributed by atoms with van der Waals surface area (Å²) in [5, 5.41) is 14.6. The van der Waals surface area contributed by atoms with E-state index in [1.165, 1.54) is 12.7 Å². The average molecular weight is 278 g/mol. The normalized spacial score (nSPS) is 18.9. The summed E-state index contributed by atoms with van der Waals surface area (Å²) in [5.74, 6) is -1.42. The molecule has 0 saturated heterocycles. The van der Waals surface area contributed by atoms with Crippen LogP contribution in [0.3, 0.4) is 0 Å². The summed E-state index contributed by atoms with van der Waals surface area (Å²) in [6.07, 6.45) is 0.557. The highest BCUT2D eigenvalue weighted by atomic mass is 16.5. The molecule has 1 aliphatic heterocycles. The Kier molecular flexibility index (Phi) is 4.70. The van der Waals surface area contributed by atoms with E-state index in [4.69, 9.17) is 9.84 Å². The maximum Gasteiger partial charge on any atom is 0.328 e. The van der Waals surface area contributed by atoms with E-state index in [0.717, 1.165) is 5.56 Å². The van der Waals surface area contributed by atoms with Gasteiger partial charge in [0.15, 0.2) is 6.04 Å². The number of rotatable bonds is 5. The van der Waals surface area contributed by atoms with Crippen LogP contribution in [-0.2, 0) is 27.3 Å². The highest BCUT2D eigenvalue weighted by Crippen LogP contribution is 2.16. The summed E-state index contributed by atoms with van der Waals surface area (Å²) in [7, 11) is 1.40. The number of benzene rings is 1. The molecule has 1 heterocycles. The van der Waals surface area contributed by atoms with Gasteiger partial charge in [-0.05, 0) is 17.5 Å². The topological polar surface area (TPSA) is 87.7 Å². The van der Waals surface area contributed by atoms with Crippen molar-refractivity contribution in [1.82, 2.24) is 10.6 Å². The van der Waals surface area contributed by atoms with E-state index in [0.29, 0.717) is 13.0 Å². The second-order valence-electron chi connectivity index (χ2n) is 4.76. The first kappa shape index (κ1) is 14.5. The second kappa shape index (κ2) is 6.49. The summed E-state index contributed by atoms with van der Waals surface area (Å²) in [5.41, 5.74) is 2.29. The first-order valence-corrected chi connectivity index (χ1v) is 6.44. The SMILES string of the molecule is COCC(NC(=O)[C@H]1Cc2ccccc2CN1)C(=O)O. The fraction of sp³-hybridized carbons (Fsp3) is 0.429. The lowest BCUT2D eigenvalue weighted by Crippen LogP contribution is -2.53. The molecular weight excluding hydrogens is 260 g/mol. The Morgan fingerprint density at radius 2 is 2.15 bits per heavy atom. The minimum atomic E-state index is -1.10. The minimum absolute atomic E-state index is 0.0512. The molecule has 0 aliphatic carbocycles. The van der Waals surface area contributed by atoms with Crippen LogP contribution >= 0.6 is 0 Å². The summed E-state index contributed by atoms with van der Waals surface area (Å²) < 4.78 is 4.79. The quantitative estimate of drug-likeness (QED) is 0.701. The third-order valence-electron chi connectivity index (χ3n) is 3.35. The number of hydrogen-bond acceptors (Lipinski definition) is 4. The maximum absolute atomic E-state index is 12.1. The van der Waals surface area contributed by atoms with Gasteiger partial charge in [0.05, 0.1) is 12.6 Å². The van der Waals surface area contributed by atoms with Crippen molar-refractivity contribution in [1.29, 1.82) is 0 Å². The Balaban J connectivity index is 1.99. The van der Waals surface area contributed by atoms with E-state index in [1.54, 1.807) is 0 Å². The van der Waals surface area contributed by atoms with Crippen molar-refractivity contribution in [2.75, 3.05) is 13.7 Å². The van der Waals surface area contributed by atoms with E-state index in [1.807, 2.05) is 24.3 Å². The average Bonchev–Trinajstić information content (AvgIpc) is 2.46. The predicted molar refractivity (Wildman–Crippen MR) is 72.2 cm³/mol. The van der Waals surface area contributed by atoms with Gasteiger partial charge in [-0.3, -0.25) is 4.79 Å². The van der Waals surface area contributed by atoms with Crippen LogP contribution in [0, 0.1) is 0 Å². The molecule has 3 N–H and O–H groups in total. The number of nitrogens with one attached hydrogen (secondary N) is 2. The minimum Gasteiger partial charge on any atom is -0.480 e. The standard InChI is InChI=1S/C14H18N2O4/c1-20-8-12(14(18)19)16-13(17)11-6-9-4-2-3-5-10(9)7-15-11/h2-5,11-12,15H,6-8H2,1H3,(H,16,17)(H,18,19)/t11-,12?/m1/s1. The molecule has 0 spiro atoms. The molecular formula is C14H18N2O4. The third-order valence-corrected chi connectivity index (χ3v) is 3.35. The molecule has 1 aromatic carbocycles. The van der Waals surface area contributed by atoms with E-state index in [-0.39, 0.29) is 12.5 Å². The van der Waals surface area contributed by atoms with Gasteiger partial charge in [-0.1, -0.05) is 24.3 Å². The van der Waals surface area contributed by atoms with Gasteiger partial charge in [-0.15, -0.1) is 0 Å². The molecule has 6 nitrogen and oxygen atoms in total. The van der Waals surface area contributed by atoms with Crippen LogP contribution in [0.5, 0.6) is 0 Å². The smallest absolute Gasteiger partial charge is 0.328 e. The maximum atomic E-state index is 12.1. The number of carbonyl (C=O) groups is 2. The Bertz CT molecular complexity index is 504. The molecule has 1 amide bonds. The number of ether oxygens (including phenoxy) is 1. The van der Waals surface area contributed by atoms with Gasteiger partial charge >= 0.3 is 5.97 Å². The molecule has 0 saturated carbocycles. The molecule has 0 aromatic heterocycles. The van der Waals surface area contributed by atoms with Crippen molar-refractivity contribution < 1.29 is 19.4 Å². The lowest BCUT2D eigenvalue weighted by Gasteiger charge is -2.26. The summed E-state index contributed by atoms with van der Waals surface area (Å²) in [4.78, 5) is 23.1. The van der Waals surface area contributed by atoms with E-state index < -0.39 is 18.1 Å². The van der Waals surface area contributed by atoms with Crippen molar-refractivity contribution in [3.05, 3.63) is 35.4 Å². The zero-order valence-electron chi connectivity index (χ0n) is 11.3. The van der Waals surface area contributed by atoms with Crippen LogP contribution in [0.4, 0.5) is 0 Å². The van der Waals surface area contributed by atoms with Crippen LogP contribution in [0.25, 0.3) is 0 Å². The van der Waals surface area contributed by atoms with Gasteiger partial charge in [0, 0.05) is 13.7 Å². The fourth-order valence-corrected chi connectivity index (χ4v) is 2.25. The third kappa shape index (κ3) is 3.34. The largest absolute Gasteiger partial charge is 0.480 e. The molecule has 2 rings (SSSR count). The van der Waals surface area contributed by atoms with Crippen LogP contribution in [0.15, 0.2) is 24.3 Å². The number of aliphatic carboxylic acids is 1. The number of amides is 1. The highest BCUT2D eigenvalue weighted by molar-refractivity contribution is 5.87. The monoisotopic (exact) mass is 278 g/mol. The first-order chi connectivity index (χ1) is 9.61. The Labute approximate surface area is 117 Å². The molecule has 20 heavy (non-hydrogen) atoms. The molecule has 1 unspecified atom stereocenters. The van der Waals surface area contributed by atoms with Crippen molar-refractivity contribution in [2.45, 2.75) is 25.0 Å². The van der Waals surface area contributed by atoms with E-state index in [2.05, 4.69) is 10.6 Å². The fourth-order valence-electron chi connectivity index (χ4n) is 2.25. The van der Waals surface area contributed by atoms with Crippen molar-refractivity contribution in [2.24, 2.45) is 0 Å². The van der Waals surface area contributed by atoms with Crippen LogP contribution in [0.1, 0.15) is 11.1 Å². The highest BCUT2D eigenvalue weighted by Gasteiger charge is 2.27. The summed E-state index contributed by atoms with van der Waals surface area (Å²) in [6.45, 7) is 0.556. The van der Waals surface area contributed by atoms with E-state index >= 15 is 0 Å². The Morgan fingerprint density at radius 3 is 2.80 bits per heavy atom. The molecule has 6 heteroatoms. The van der Waals surface area contributed by atoms with Crippen LogP contribution in [0.2, 0.25) is 0 Å². The Hall–Kier alpha value is -1.92. The molecule has 0 bridgehead atoms. The first-order valence-electron chi connectivity index (χ1n) is 6.44. The van der Waals surface area contributed by atoms with E-state index in [9.17, 15) is 9.59 Å². The zero-order chi connectivity index (χ0) is 14.5. The zero-order valence-corrected chi connectivity index (χ0v) is 11.3. The lowest BCUT2D eigenvalue weighted by molar-refractivity contribution is -0.143. The Morgan fingerprint density at radius 1 is 1.45 bits per heavy atom. The molecule has 0 radical (unpaired) electrons. The number of methoxy groups -OCH3 is 1. The molecule has 0 fully saturated rings. The van der Waals surface area contributed by atoms with Gasteiger partial charge in [-0.2, -0.15) is 0 Å². The lowest BCUT2D eigenvalue weighted by atomic mass is 9.95. The second-order valence-corrected chi connectivity index (χ2v) is 4.76. The number of carboxylic acids is 1. The number of hydrogen-bond donors (Lipinski definition) is 3. The molecule has 1 aliphatic rings. The number of carbonyl (C=O) groups excluding carboxylic acids is 1. The van der Waals surface area contributed by atoms with Crippen LogP contribution in [-0.4, -0.2) is 42.8 Å². The number of fused-ring (bicyclic) bond motifs is 1. The van der Waals surface area contributed by atoms with Gasteiger partial charge in [0.1, 0.15) is 0 Å². The summed E-state index contributed by atoms with van der Waals surface area (Å²) in [6, 6.07) is 6.46. The van der Waals surface area contributed by atoms with Crippen molar-refractivity contribution >= 4 is 11.9 Å². The summed E-state index contributed by atoms with van der Waals surface area (Å²) >= 11 is 0. The van der Waals surface area contributed by atoms with Gasteiger partial charge in [0.2, 0.25) is 5.91 Å². The van der Waals surface area contributed by atoms with Crippen LogP contribution < -0.4 is 10.6 Å². The predicted octanol–water partition coefficient (Wildman–Crippen LogP) is -0.0833. The van der Waals surface area contributed by atoms with Gasteiger partial charge < -0.3 is 20.5 Å². The van der Waals surface area contributed by atoms with Crippen molar-refractivity contribution in [3.63, 3.8) is 0 Å². The van der Waals surface area contributed by atoms with Crippen molar-refractivity contribution in [3.8, 4) is 0 Å². The number of carboxylic acid groups (broad SMARTS) is 1. The van der Waals surface area contributed by atoms with Gasteiger partial charge in [0.25, 0.3) is 0 Å². The van der Waals surface area contributed by atoms with Gasteiger partial charge in [-0.25, -0.2) is 4.79 Å². The molecule has 2 atom stereocenters.